The van der Waals surface area contributed by atoms with Gasteiger partial charge in [0.2, 0.25) is 0 Å². The number of carbonyl (C=O) groups is 1. The Morgan fingerprint density at radius 2 is 2.04 bits per heavy atom. The molecule has 2 heterocycles. The maximum atomic E-state index is 12.4. The number of amides is 1. The fourth-order valence-corrected chi connectivity index (χ4v) is 3.24. The predicted molar refractivity (Wildman–Crippen MR) is 95.5 cm³/mol. The maximum Gasteiger partial charge on any atom is 0.271 e. The summed E-state index contributed by atoms with van der Waals surface area (Å²) in [5.74, 6) is 0.547. The predicted octanol–water partition coefficient (Wildman–Crippen LogP) is 1.54. The molecule has 2 N–H and O–H groups in total. The highest BCUT2D eigenvalue weighted by Crippen LogP contribution is 2.41. The van der Waals surface area contributed by atoms with E-state index in [4.69, 9.17) is 0 Å². The topological polar surface area (TPSA) is 62.2 Å². The lowest BCUT2D eigenvalue weighted by molar-refractivity contribution is 0.0944. The van der Waals surface area contributed by atoms with Crippen LogP contribution >= 0.6 is 0 Å². The quantitative estimate of drug-likeness (QED) is 0.775. The number of nitrogens with zero attached hydrogens (tertiary/aromatic N) is 3. The zero-order valence-corrected chi connectivity index (χ0v) is 15.3. The monoisotopic (exact) mass is 333 g/mol. The molecule has 2 aliphatic rings. The SMILES string of the molecule is CC(C)(C)n1nc(C(=O)NCCCN2CCNCC2)cc1C1CC1. The van der Waals surface area contributed by atoms with E-state index in [0.29, 0.717) is 18.2 Å². The van der Waals surface area contributed by atoms with Crippen molar-refractivity contribution in [1.82, 2.24) is 25.3 Å². The summed E-state index contributed by atoms with van der Waals surface area (Å²) in [6, 6.07) is 1.99. The van der Waals surface area contributed by atoms with Crippen LogP contribution in [0.1, 0.15) is 62.1 Å². The van der Waals surface area contributed by atoms with Gasteiger partial charge in [0, 0.05) is 44.3 Å². The summed E-state index contributed by atoms with van der Waals surface area (Å²) in [6.07, 6.45) is 3.42. The molecule has 1 amide bonds. The van der Waals surface area contributed by atoms with Crippen LogP contribution in [0.4, 0.5) is 0 Å². The number of aromatic nitrogens is 2. The number of carbonyl (C=O) groups excluding carboxylic acids is 1. The Bertz CT molecular complexity index is 564. The maximum absolute atomic E-state index is 12.4. The summed E-state index contributed by atoms with van der Waals surface area (Å²) in [7, 11) is 0. The Hall–Kier alpha value is -1.40. The van der Waals surface area contributed by atoms with Gasteiger partial charge in [0.05, 0.1) is 5.54 Å². The highest BCUT2D eigenvalue weighted by atomic mass is 16.1. The standard InChI is InChI=1S/C18H31N5O/c1-18(2,3)23-16(14-5-6-14)13-15(21-23)17(24)20-7-4-10-22-11-8-19-9-12-22/h13-14,19H,4-12H2,1-3H3,(H,20,24). The molecule has 2 fully saturated rings. The summed E-state index contributed by atoms with van der Waals surface area (Å²) in [5, 5.41) is 11.0. The van der Waals surface area contributed by atoms with Gasteiger partial charge in [0.25, 0.3) is 5.91 Å². The third kappa shape index (κ3) is 4.36. The van der Waals surface area contributed by atoms with E-state index in [1.165, 1.54) is 18.5 Å². The van der Waals surface area contributed by atoms with Gasteiger partial charge in [-0.05, 0) is 52.6 Å². The van der Waals surface area contributed by atoms with E-state index in [2.05, 4.69) is 41.4 Å². The van der Waals surface area contributed by atoms with E-state index < -0.39 is 0 Å². The smallest absolute Gasteiger partial charge is 0.271 e. The minimum absolute atomic E-state index is 0.0415. The fourth-order valence-electron chi connectivity index (χ4n) is 3.24. The largest absolute Gasteiger partial charge is 0.351 e. The summed E-state index contributed by atoms with van der Waals surface area (Å²) >= 11 is 0. The van der Waals surface area contributed by atoms with Crippen molar-refractivity contribution in [3.8, 4) is 0 Å². The lowest BCUT2D eigenvalue weighted by Gasteiger charge is -2.27. The molecule has 3 rings (SSSR count). The van der Waals surface area contributed by atoms with Crippen LogP contribution in [0.15, 0.2) is 6.07 Å². The molecule has 1 aliphatic carbocycles. The van der Waals surface area contributed by atoms with Crippen LogP contribution in [-0.2, 0) is 5.54 Å². The van der Waals surface area contributed by atoms with Crippen LogP contribution in [0.3, 0.4) is 0 Å². The second kappa shape index (κ2) is 7.23. The van der Waals surface area contributed by atoms with Crippen molar-refractivity contribution < 1.29 is 4.79 Å². The third-order valence-electron chi connectivity index (χ3n) is 4.75. The zero-order chi connectivity index (χ0) is 17.2. The van der Waals surface area contributed by atoms with E-state index in [9.17, 15) is 4.79 Å². The van der Waals surface area contributed by atoms with Gasteiger partial charge >= 0.3 is 0 Å². The van der Waals surface area contributed by atoms with Crippen molar-refractivity contribution in [2.45, 2.75) is 51.5 Å². The normalized spacial score (nSPS) is 19.5. The van der Waals surface area contributed by atoms with Crippen molar-refractivity contribution in [2.24, 2.45) is 0 Å². The molecule has 6 nitrogen and oxygen atoms in total. The molecule has 134 valence electrons. The molecule has 1 aromatic heterocycles. The molecule has 0 atom stereocenters. The molecule has 0 aromatic carbocycles. The summed E-state index contributed by atoms with van der Waals surface area (Å²) in [6.45, 7) is 12.5. The molecular formula is C18H31N5O. The van der Waals surface area contributed by atoms with E-state index in [0.717, 1.165) is 39.1 Å². The van der Waals surface area contributed by atoms with Gasteiger partial charge in [-0.25, -0.2) is 0 Å². The first kappa shape index (κ1) is 17.4. The third-order valence-corrected chi connectivity index (χ3v) is 4.75. The Kier molecular flexibility index (Phi) is 5.25. The Balaban J connectivity index is 1.51. The molecule has 1 saturated carbocycles. The minimum Gasteiger partial charge on any atom is -0.351 e. The molecule has 0 radical (unpaired) electrons. The van der Waals surface area contributed by atoms with Crippen LogP contribution < -0.4 is 10.6 Å². The molecular weight excluding hydrogens is 302 g/mol. The molecule has 1 aliphatic heterocycles. The van der Waals surface area contributed by atoms with Gasteiger partial charge in [-0.3, -0.25) is 9.48 Å². The summed E-state index contributed by atoms with van der Waals surface area (Å²) < 4.78 is 2.04. The van der Waals surface area contributed by atoms with Crippen molar-refractivity contribution >= 4 is 5.91 Å². The Labute approximate surface area is 145 Å². The zero-order valence-electron chi connectivity index (χ0n) is 15.3. The number of rotatable bonds is 6. The first-order valence-corrected chi connectivity index (χ1v) is 9.27. The van der Waals surface area contributed by atoms with Gasteiger partial charge in [-0.1, -0.05) is 0 Å². The van der Waals surface area contributed by atoms with Gasteiger partial charge in [-0.2, -0.15) is 5.10 Å². The first-order chi connectivity index (χ1) is 11.4. The van der Waals surface area contributed by atoms with E-state index in [1.807, 2.05) is 10.7 Å². The second-order valence-corrected chi connectivity index (χ2v) is 8.01. The Morgan fingerprint density at radius 1 is 1.33 bits per heavy atom. The van der Waals surface area contributed by atoms with Crippen LogP contribution in [0.2, 0.25) is 0 Å². The van der Waals surface area contributed by atoms with Crippen LogP contribution in [0.25, 0.3) is 0 Å². The second-order valence-electron chi connectivity index (χ2n) is 8.01. The number of hydrogen-bond donors (Lipinski definition) is 2. The summed E-state index contributed by atoms with van der Waals surface area (Å²) in [5.41, 5.74) is 1.70. The van der Waals surface area contributed by atoms with Crippen LogP contribution in [-0.4, -0.2) is 59.9 Å². The van der Waals surface area contributed by atoms with Gasteiger partial charge in [-0.15, -0.1) is 0 Å². The summed E-state index contributed by atoms with van der Waals surface area (Å²) in [4.78, 5) is 14.9. The average Bonchev–Trinajstić information content (AvgIpc) is 3.29. The molecule has 0 spiro atoms. The minimum atomic E-state index is -0.0846. The average molecular weight is 333 g/mol. The van der Waals surface area contributed by atoms with Gasteiger partial charge < -0.3 is 15.5 Å². The number of piperazine rings is 1. The van der Waals surface area contributed by atoms with Crippen LogP contribution in [0.5, 0.6) is 0 Å². The van der Waals surface area contributed by atoms with E-state index >= 15 is 0 Å². The molecule has 0 bridgehead atoms. The molecule has 0 unspecified atom stereocenters. The van der Waals surface area contributed by atoms with Crippen molar-refractivity contribution in [3.63, 3.8) is 0 Å². The lowest BCUT2D eigenvalue weighted by Crippen LogP contribution is -2.44. The highest BCUT2D eigenvalue weighted by Gasteiger charge is 2.32. The molecule has 24 heavy (non-hydrogen) atoms. The fraction of sp³-hybridized carbons (Fsp3) is 0.778. The lowest BCUT2D eigenvalue weighted by atomic mass is 10.1. The molecule has 1 aromatic rings. The van der Waals surface area contributed by atoms with E-state index in [1.54, 1.807) is 0 Å². The van der Waals surface area contributed by atoms with Crippen molar-refractivity contribution in [1.29, 1.82) is 0 Å². The van der Waals surface area contributed by atoms with Crippen molar-refractivity contribution in [3.05, 3.63) is 17.5 Å². The number of hydrogen-bond acceptors (Lipinski definition) is 4. The van der Waals surface area contributed by atoms with Gasteiger partial charge in [0.15, 0.2) is 0 Å². The first-order valence-electron chi connectivity index (χ1n) is 9.27. The highest BCUT2D eigenvalue weighted by molar-refractivity contribution is 5.92. The molecule has 1 saturated heterocycles. The van der Waals surface area contributed by atoms with Gasteiger partial charge in [0.1, 0.15) is 5.69 Å². The van der Waals surface area contributed by atoms with Crippen LogP contribution in [0, 0.1) is 0 Å². The van der Waals surface area contributed by atoms with Crippen molar-refractivity contribution in [2.75, 3.05) is 39.3 Å². The molecule has 6 heteroatoms. The Morgan fingerprint density at radius 3 is 2.67 bits per heavy atom. The number of nitrogens with one attached hydrogen (secondary N) is 2. The van der Waals surface area contributed by atoms with E-state index in [-0.39, 0.29) is 11.4 Å².